The van der Waals surface area contributed by atoms with Crippen LogP contribution in [-0.4, -0.2) is 0 Å². The quantitative estimate of drug-likeness (QED) is 0.346. The Kier molecular flexibility index (Phi) is 22.8. The summed E-state index contributed by atoms with van der Waals surface area (Å²) in [5, 5.41) is 0. The van der Waals surface area contributed by atoms with Crippen molar-refractivity contribution in [2.24, 2.45) is 11.0 Å². The van der Waals surface area contributed by atoms with Gasteiger partial charge in [-0.15, -0.1) is 0 Å². The van der Waals surface area contributed by atoms with Crippen molar-refractivity contribution in [1.82, 2.24) is 6.15 Å². The zero-order chi connectivity index (χ0) is 2.71. The van der Waals surface area contributed by atoms with E-state index in [4.69, 9.17) is 0 Å². The molecule has 0 saturated heterocycles. The standard InChI is InChI=1S/H5N2P.H3N/c1-3-2;/h3H,1-2H2;1H3. The maximum Gasteiger partial charge on any atom is 0.0127 e. The fraction of sp³-hybridized carbons (Fsp3) is 0. The van der Waals surface area contributed by atoms with Crippen LogP contribution in [-0.2, 0) is 0 Å². The van der Waals surface area contributed by atoms with E-state index in [1.54, 1.807) is 0 Å². The van der Waals surface area contributed by atoms with Crippen LogP contribution in [0.5, 0.6) is 0 Å². The second kappa shape index (κ2) is 10.3. The Hall–Kier alpha value is 0.310. The van der Waals surface area contributed by atoms with Gasteiger partial charge in [-0.25, -0.2) is 0 Å². The van der Waals surface area contributed by atoms with E-state index in [1.165, 1.54) is 0 Å². The Morgan fingerprint density at radius 2 is 1.25 bits per heavy atom. The van der Waals surface area contributed by atoms with Gasteiger partial charge in [0, 0.05) is 8.88 Å². The first kappa shape index (κ1) is 8.85. The van der Waals surface area contributed by atoms with Crippen LogP contribution in [0.4, 0.5) is 0 Å². The number of nitrogens with two attached hydrogens (primary N) is 2. The van der Waals surface area contributed by atoms with Gasteiger partial charge < -0.3 is 17.2 Å². The topological polar surface area (TPSA) is 87.0 Å². The van der Waals surface area contributed by atoms with Crippen LogP contribution in [0.3, 0.4) is 0 Å². The lowest BCUT2D eigenvalue weighted by molar-refractivity contribution is 1.87. The molecular weight excluding hydrogens is 73.0 g/mol. The first-order valence-corrected chi connectivity index (χ1v) is 1.73. The fourth-order valence-electron chi connectivity index (χ4n) is 0. The van der Waals surface area contributed by atoms with Gasteiger partial charge in [-0.2, -0.15) is 0 Å². The van der Waals surface area contributed by atoms with Gasteiger partial charge >= 0.3 is 0 Å². The fourth-order valence-corrected chi connectivity index (χ4v) is 0. The summed E-state index contributed by atoms with van der Waals surface area (Å²) < 4.78 is 0. The third kappa shape index (κ3) is 41.3. The van der Waals surface area contributed by atoms with Crippen LogP contribution < -0.4 is 17.2 Å². The lowest BCUT2D eigenvalue weighted by Gasteiger charge is -1.57. The van der Waals surface area contributed by atoms with E-state index in [-0.39, 0.29) is 15.0 Å². The maximum absolute atomic E-state index is 4.65. The summed E-state index contributed by atoms with van der Waals surface area (Å²) >= 11 is 0. The van der Waals surface area contributed by atoms with E-state index in [1.807, 2.05) is 0 Å². The summed E-state index contributed by atoms with van der Waals surface area (Å²) in [6.45, 7) is 0. The largest absolute Gasteiger partial charge is 0.344 e. The Balaban J connectivity index is 0. The highest BCUT2D eigenvalue weighted by atomic mass is 31.1. The highest BCUT2D eigenvalue weighted by Gasteiger charge is 1.28. The molecule has 0 rings (SSSR count). The average Bonchev–Trinajstić information content (AvgIpc) is 0.918. The third-order valence-corrected chi connectivity index (χ3v) is 0. The van der Waals surface area contributed by atoms with E-state index in [0.29, 0.717) is 0 Å². The van der Waals surface area contributed by atoms with E-state index in [0.717, 1.165) is 0 Å². The second-order valence-electron chi connectivity index (χ2n) is 0.167. The molecule has 0 spiro atoms. The molecule has 0 aromatic rings. The van der Waals surface area contributed by atoms with Gasteiger partial charge in [-0.1, -0.05) is 0 Å². The van der Waals surface area contributed by atoms with Gasteiger partial charge in [0.15, 0.2) is 0 Å². The molecule has 0 aromatic heterocycles. The molecule has 0 unspecified atom stereocenters. The van der Waals surface area contributed by atoms with E-state index in [2.05, 4.69) is 11.0 Å². The summed E-state index contributed by atoms with van der Waals surface area (Å²) in [7, 11) is 0.0833. The van der Waals surface area contributed by atoms with E-state index in [9.17, 15) is 0 Å². The number of hydrogen-bond donors (Lipinski definition) is 3. The number of hydrogen-bond acceptors (Lipinski definition) is 3. The van der Waals surface area contributed by atoms with Crippen molar-refractivity contribution in [2.75, 3.05) is 0 Å². The normalized spacial score (nSPS) is 4.50. The minimum absolute atomic E-state index is 0. The Bertz CT molecular complexity index is 3.25. The maximum atomic E-state index is 4.65. The molecule has 0 radical (unpaired) electrons. The molecule has 0 aliphatic heterocycles. The minimum atomic E-state index is 0. The molecule has 0 amide bonds. The van der Waals surface area contributed by atoms with Crippen molar-refractivity contribution >= 4 is 8.88 Å². The van der Waals surface area contributed by atoms with Gasteiger partial charge in [-0.05, 0) is 0 Å². The lowest BCUT2D eigenvalue weighted by atomic mass is 13.9. The summed E-state index contributed by atoms with van der Waals surface area (Å²) in [6, 6.07) is 0. The van der Waals surface area contributed by atoms with Crippen molar-refractivity contribution < 1.29 is 0 Å². The first-order valence-electron chi connectivity index (χ1n) is 0.577. The van der Waals surface area contributed by atoms with Crippen molar-refractivity contribution in [3.63, 3.8) is 0 Å². The van der Waals surface area contributed by atoms with Gasteiger partial charge in [-0.3, -0.25) is 0 Å². The monoisotopic (exact) mass is 81.0 g/mol. The Morgan fingerprint density at radius 1 is 1.25 bits per heavy atom. The SMILES string of the molecule is N.NPN. The third-order valence-electron chi connectivity index (χ3n) is 0. The molecule has 0 saturated carbocycles. The zero-order valence-electron chi connectivity index (χ0n) is 2.36. The highest BCUT2D eigenvalue weighted by Crippen LogP contribution is 1.62. The van der Waals surface area contributed by atoms with Crippen LogP contribution in [0.25, 0.3) is 0 Å². The molecule has 0 heterocycles. The summed E-state index contributed by atoms with van der Waals surface area (Å²) in [4.78, 5) is 0. The average molecular weight is 81.1 g/mol. The van der Waals surface area contributed by atoms with Gasteiger partial charge in [0.2, 0.25) is 0 Å². The van der Waals surface area contributed by atoms with Gasteiger partial charge in [0.05, 0.1) is 0 Å². The van der Waals surface area contributed by atoms with Gasteiger partial charge in [0.25, 0.3) is 0 Å². The first-order chi connectivity index (χ1) is 1.41. The molecular formula is H8N3P. The molecule has 0 aliphatic carbocycles. The molecule has 3 nitrogen and oxygen atoms in total. The van der Waals surface area contributed by atoms with Gasteiger partial charge in [0.1, 0.15) is 0 Å². The predicted octanol–water partition coefficient (Wildman–Crippen LogP) is -0.426. The minimum Gasteiger partial charge on any atom is -0.344 e. The smallest absolute Gasteiger partial charge is 0.0127 e. The lowest BCUT2D eigenvalue weighted by Crippen LogP contribution is -1.78. The molecule has 0 bridgehead atoms. The highest BCUT2D eigenvalue weighted by molar-refractivity contribution is 7.32. The molecule has 4 heteroatoms. The van der Waals surface area contributed by atoms with E-state index < -0.39 is 0 Å². The summed E-state index contributed by atoms with van der Waals surface area (Å²) in [5.74, 6) is 0. The molecule has 7 N–H and O–H groups in total. The van der Waals surface area contributed by atoms with Crippen molar-refractivity contribution in [1.29, 1.82) is 0 Å². The van der Waals surface area contributed by atoms with Crippen molar-refractivity contribution in [2.45, 2.75) is 0 Å². The van der Waals surface area contributed by atoms with Crippen LogP contribution in [0, 0.1) is 0 Å². The Labute approximate surface area is 27.2 Å². The molecule has 28 valence electrons. The summed E-state index contributed by atoms with van der Waals surface area (Å²) in [5.41, 5.74) is 9.31. The molecule has 4 heavy (non-hydrogen) atoms. The van der Waals surface area contributed by atoms with E-state index >= 15 is 0 Å². The van der Waals surface area contributed by atoms with Crippen LogP contribution in [0.2, 0.25) is 0 Å². The molecule has 0 aromatic carbocycles. The van der Waals surface area contributed by atoms with Crippen LogP contribution in [0.15, 0.2) is 0 Å². The predicted molar refractivity (Wildman–Crippen MR) is 21.7 cm³/mol. The zero-order valence-corrected chi connectivity index (χ0v) is 3.36. The second-order valence-corrected chi connectivity index (χ2v) is 0.500. The number of rotatable bonds is 0. The Morgan fingerprint density at radius 3 is 1.25 bits per heavy atom. The molecule has 0 fully saturated rings. The molecule has 0 atom stereocenters. The summed E-state index contributed by atoms with van der Waals surface area (Å²) in [6.07, 6.45) is 0. The van der Waals surface area contributed by atoms with Crippen molar-refractivity contribution in [3.8, 4) is 0 Å². The molecule has 0 aliphatic rings. The van der Waals surface area contributed by atoms with Crippen LogP contribution >= 0.6 is 8.88 Å². The van der Waals surface area contributed by atoms with Crippen LogP contribution in [0.1, 0.15) is 0 Å². The van der Waals surface area contributed by atoms with Crippen molar-refractivity contribution in [3.05, 3.63) is 0 Å².